The fourth-order valence-corrected chi connectivity index (χ4v) is 3.18. The Balaban J connectivity index is 1.79. The third-order valence-corrected chi connectivity index (χ3v) is 4.35. The van der Waals surface area contributed by atoms with Gasteiger partial charge in [-0.3, -0.25) is 10.1 Å². The Morgan fingerprint density at radius 1 is 1.24 bits per heavy atom. The summed E-state index contributed by atoms with van der Waals surface area (Å²) in [6, 6.07) is 9.74. The SMILES string of the molecule is Cc1ccc(-c2nsc(NC(=O)c3ccccc3F)n2)s1. The van der Waals surface area contributed by atoms with Gasteiger partial charge in [0.1, 0.15) is 5.82 Å². The van der Waals surface area contributed by atoms with E-state index in [4.69, 9.17) is 0 Å². The highest BCUT2D eigenvalue weighted by Gasteiger charge is 2.14. The van der Waals surface area contributed by atoms with E-state index >= 15 is 0 Å². The van der Waals surface area contributed by atoms with Crippen LogP contribution in [0.2, 0.25) is 0 Å². The van der Waals surface area contributed by atoms with Gasteiger partial charge in [-0.1, -0.05) is 12.1 Å². The number of hydrogen-bond acceptors (Lipinski definition) is 5. The number of aryl methyl sites for hydroxylation is 1. The summed E-state index contributed by atoms with van der Waals surface area (Å²) < 4.78 is 17.7. The van der Waals surface area contributed by atoms with Gasteiger partial charge in [0.25, 0.3) is 5.91 Å². The molecule has 0 saturated heterocycles. The molecular weight excluding hydrogens is 309 g/mol. The summed E-state index contributed by atoms with van der Waals surface area (Å²) in [7, 11) is 0. The minimum atomic E-state index is -0.561. The lowest BCUT2D eigenvalue weighted by Gasteiger charge is -2.01. The van der Waals surface area contributed by atoms with E-state index in [-0.39, 0.29) is 5.56 Å². The molecule has 0 aliphatic carbocycles. The topological polar surface area (TPSA) is 54.9 Å². The van der Waals surface area contributed by atoms with Crippen molar-refractivity contribution in [3.8, 4) is 10.7 Å². The van der Waals surface area contributed by atoms with Crippen LogP contribution in [0, 0.1) is 12.7 Å². The summed E-state index contributed by atoms with van der Waals surface area (Å²) in [5, 5.41) is 2.92. The molecule has 0 radical (unpaired) electrons. The fraction of sp³-hybridized carbons (Fsp3) is 0.0714. The van der Waals surface area contributed by atoms with Gasteiger partial charge < -0.3 is 0 Å². The molecule has 0 fully saturated rings. The second-order valence-corrected chi connectivity index (χ2v) is 6.31. The molecule has 1 aromatic carbocycles. The van der Waals surface area contributed by atoms with Crippen LogP contribution in [0.5, 0.6) is 0 Å². The van der Waals surface area contributed by atoms with E-state index in [1.165, 1.54) is 18.2 Å². The van der Waals surface area contributed by atoms with Gasteiger partial charge in [-0.25, -0.2) is 4.39 Å². The zero-order valence-corrected chi connectivity index (χ0v) is 12.6. The van der Waals surface area contributed by atoms with E-state index in [2.05, 4.69) is 14.7 Å². The highest BCUT2D eigenvalue weighted by Crippen LogP contribution is 2.27. The van der Waals surface area contributed by atoms with Gasteiger partial charge in [0, 0.05) is 16.4 Å². The molecule has 21 heavy (non-hydrogen) atoms. The van der Waals surface area contributed by atoms with Gasteiger partial charge in [0.15, 0.2) is 5.82 Å². The number of halogens is 1. The normalized spacial score (nSPS) is 10.6. The molecule has 4 nitrogen and oxygen atoms in total. The van der Waals surface area contributed by atoms with Crippen LogP contribution in [-0.4, -0.2) is 15.3 Å². The Morgan fingerprint density at radius 3 is 2.76 bits per heavy atom. The van der Waals surface area contributed by atoms with Crippen molar-refractivity contribution >= 4 is 33.9 Å². The van der Waals surface area contributed by atoms with Crippen molar-refractivity contribution in [1.29, 1.82) is 0 Å². The first-order valence-electron chi connectivity index (χ1n) is 6.10. The molecule has 106 valence electrons. The molecule has 3 rings (SSSR count). The summed E-state index contributed by atoms with van der Waals surface area (Å²) in [6.07, 6.45) is 0. The van der Waals surface area contributed by atoms with Gasteiger partial charge in [-0.2, -0.15) is 9.36 Å². The van der Waals surface area contributed by atoms with Crippen molar-refractivity contribution in [2.75, 3.05) is 5.32 Å². The molecule has 3 aromatic rings. The molecule has 1 N–H and O–H groups in total. The smallest absolute Gasteiger partial charge is 0.260 e. The van der Waals surface area contributed by atoms with Crippen LogP contribution in [-0.2, 0) is 0 Å². The zero-order valence-electron chi connectivity index (χ0n) is 11.0. The summed E-state index contributed by atoms with van der Waals surface area (Å²) in [4.78, 5) is 18.3. The number of nitrogens with one attached hydrogen (secondary N) is 1. The molecule has 0 bridgehead atoms. The number of nitrogens with zero attached hydrogens (tertiary/aromatic N) is 2. The van der Waals surface area contributed by atoms with Crippen LogP contribution >= 0.6 is 22.9 Å². The highest BCUT2D eigenvalue weighted by atomic mass is 32.1. The van der Waals surface area contributed by atoms with E-state index in [0.717, 1.165) is 21.3 Å². The van der Waals surface area contributed by atoms with Crippen molar-refractivity contribution < 1.29 is 9.18 Å². The molecule has 0 spiro atoms. The van der Waals surface area contributed by atoms with Gasteiger partial charge in [0.2, 0.25) is 5.13 Å². The van der Waals surface area contributed by atoms with Crippen molar-refractivity contribution in [2.24, 2.45) is 0 Å². The zero-order chi connectivity index (χ0) is 14.8. The summed E-state index contributed by atoms with van der Waals surface area (Å²) >= 11 is 2.65. The summed E-state index contributed by atoms with van der Waals surface area (Å²) in [5.74, 6) is -0.520. The van der Waals surface area contributed by atoms with Gasteiger partial charge in [-0.15, -0.1) is 11.3 Å². The van der Waals surface area contributed by atoms with Gasteiger partial charge in [-0.05, 0) is 31.2 Å². The molecule has 7 heteroatoms. The second-order valence-electron chi connectivity index (χ2n) is 4.27. The lowest BCUT2D eigenvalue weighted by Crippen LogP contribution is -2.13. The molecule has 0 aliphatic heterocycles. The Labute approximate surface area is 128 Å². The molecule has 1 amide bonds. The molecular formula is C14H10FN3OS2. The first kappa shape index (κ1) is 13.8. The maximum Gasteiger partial charge on any atom is 0.260 e. The standard InChI is InChI=1S/C14H10FN3OS2/c1-8-6-7-11(20-8)12-16-14(21-18-12)17-13(19)9-4-2-3-5-10(9)15/h2-7H,1H3,(H,16,17,18,19). The highest BCUT2D eigenvalue weighted by molar-refractivity contribution is 7.15. The van der Waals surface area contributed by atoms with Crippen molar-refractivity contribution in [3.63, 3.8) is 0 Å². The molecule has 2 aromatic heterocycles. The minimum absolute atomic E-state index is 0.0128. The number of rotatable bonds is 3. The lowest BCUT2D eigenvalue weighted by molar-refractivity contribution is 0.102. The number of amides is 1. The number of thiophene rings is 1. The van der Waals surface area contributed by atoms with Gasteiger partial charge >= 0.3 is 0 Å². The Bertz CT molecular complexity index is 797. The monoisotopic (exact) mass is 319 g/mol. The maximum atomic E-state index is 13.5. The number of aromatic nitrogens is 2. The molecule has 2 heterocycles. The van der Waals surface area contributed by atoms with E-state index in [1.807, 2.05) is 19.1 Å². The lowest BCUT2D eigenvalue weighted by atomic mass is 10.2. The number of hydrogen-bond donors (Lipinski definition) is 1. The first-order valence-corrected chi connectivity index (χ1v) is 7.69. The Kier molecular flexibility index (Phi) is 3.76. The molecule has 0 aliphatic rings. The first-order chi connectivity index (χ1) is 10.1. The van der Waals surface area contributed by atoms with Crippen LogP contribution < -0.4 is 5.32 Å². The number of anilines is 1. The second kappa shape index (κ2) is 5.71. The number of benzene rings is 1. The van der Waals surface area contributed by atoms with Crippen molar-refractivity contribution in [3.05, 3.63) is 52.7 Å². The van der Waals surface area contributed by atoms with E-state index in [9.17, 15) is 9.18 Å². The Hall–Kier alpha value is -2.12. The van der Waals surface area contributed by atoms with E-state index in [0.29, 0.717) is 11.0 Å². The average Bonchev–Trinajstić information content (AvgIpc) is 3.08. The minimum Gasteiger partial charge on any atom is -0.296 e. The summed E-state index contributed by atoms with van der Waals surface area (Å²) in [6.45, 7) is 2.00. The van der Waals surface area contributed by atoms with Crippen LogP contribution in [0.1, 0.15) is 15.2 Å². The summed E-state index contributed by atoms with van der Waals surface area (Å²) in [5.41, 5.74) is -0.0128. The maximum absolute atomic E-state index is 13.5. The van der Waals surface area contributed by atoms with Crippen LogP contribution in [0.3, 0.4) is 0 Å². The van der Waals surface area contributed by atoms with Crippen molar-refractivity contribution in [2.45, 2.75) is 6.92 Å². The number of carbonyl (C=O) groups excluding carboxylic acids is 1. The largest absolute Gasteiger partial charge is 0.296 e. The van der Waals surface area contributed by atoms with Crippen LogP contribution in [0.4, 0.5) is 9.52 Å². The Morgan fingerprint density at radius 2 is 2.05 bits per heavy atom. The fourth-order valence-electron chi connectivity index (χ4n) is 1.74. The molecule has 0 saturated carbocycles. The predicted octanol–water partition coefficient (Wildman–Crippen LogP) is 3.97. The average molecular weight is 319 g/mol. The van der Waals surface area contributed by atoms with Crippen LogP contribution in [0.15, 0.2) is 36.4 Å². The van der Waals surface area contributed by atoms with Crippen molar-refractivity contribution in [1.82, 2.24) is 9.36 Å². The molecule has 0 unspecified atom stereocenters. The third kappa shape index (κ3) is 2.98. The predicted molar refractivity (Wildman–Crippen MR) is 82.3 cm³/mol. The van der Waals surface area contributed by atoms with Gasteiger partial charge in [0.05, 0.1) is 10.4 Å². The third-order valence-electron chi connectivity index (χ3n) is 2.73. The van der Waals surface area contributed by atoms with E-state index in [1.54, 1.807) is 17.4 Å². The van der Waals surface area contributed by atoms with Crippen LogP contribution in [0.25, 0.3) is 10.7 Å². The number of carbonyl (C=O) groups is 1. The molecule has 0 atom stereocenters. The van der Waals surface area contributed by atoms with E-state index < -0.39 is 11.7 Å². The quantitative estimate of drug-likeness (QED) is 0.795.